The van der Waals surface area contributed by atoms with Gasteiger partial charge in [-0.15, -0.1) is 0 Å². The van der Waals surface area contributed by atoms with Gasteiger partial charge in [-0.05, 0) is 24.3 Å². The smallest absolute Gasteiger partial charge is 0.270 e. The molecule has 1 N–H and O–H groups in total. The van der Waals surface area contributed by atoms with E-state index >= 15 is 0 Å². The molecule has 0 aliphatic rings. The van der Waals surface area contributed by atoms with Crippen LogP contribution in [0.2, 0.25) is 0 Å². The number of benzene rings is 2. The molecule has 2 aromatic carbocycles. The fourth-order valence-corrected chi connectivity index (χ4v) is 2.43. The second kappa shape index (κ2) is 6.13. The van der Waals surface area contributed by atoms with Crippen LogP contribution in [0.1, 0.15) is 10.4 Å². The van der Waals surface area contributed by atoms with Crippen LogP contribution in [0.3, 0.4) is 0 Å². The van der Waals surface area contributed by atoms with Gasteiger partial charge in [0.1, 0.15) is 5.82 Å². The maximum Gasteiger partial charge on any atom is 0.270 e. The van der Waals surface area contributed by atoms with Crippen molar-refractivity contribution in [1.29, 1.82) is 0 Å². The molecule has 2 aromatic rings. The van der Waals surface area contributed by atoms with Gasteiger partial charge >= 0.3 is 0 Å². The Morgan fingerprint density at radius 3 is 2.52 bits per heavy atom. The van der Waals surface area contributed by atoms with Crippen LogP contribution in [0.4, 0.5) is 15.8 Å². The van der Waals surface area contributed by atoms with Gasteiger partial charge in [-0.3, -0.25) is 14.9 Å². The first-order valence-corrected chi connectivity index (χ1v) is 8.13. The van der Waals surface area contributed by atoms with Crippen LogP contribution in [0.5, 0.6) is 0 Å². The van der Waals surface area contributed by atoms with Crippen molar-refractivity contribution in [2.75, 3.05) is 11.6 Å². The van der Waals surface area contributed by atoms with E-state index in [2.05, 4.69) is 5.32 Å². The first-order chi connectivity index (χ1) is 10.7. The third kappa shape index (κ3) is 3.89. The van der Waals surface area contributed by atoms with Crippen LogP contribution >= 0.6 is 0 Å². The number of hydrogen-bond acceptors (Lipinski definition) is 5. The molecule has 0 radical (unpaired) electrons. The van der Waals surface area contributed by atoms with E-state index in [1.165, 1.54) is 18.2 Å². The summed E-state index contributed by atoms with van der Waals surface area (Å²) in [7, 11) is -3.57. The summed E-state index contributed by atoms with van der Waals surface area (Å²) in [5.74, 6) is -1.62. The lowest BCUT2D eigenvalue weighted by atomic mass is 10.2. The number of carbonyl (C=O) groups excluding carboxylic acids is 1. The molecule has 9 heteroatoms. The molecule has 120 valence electrons. The van der Waals surface area contributed by atoms with E-state index in [4.69, 9.17) is 0 Å². The molecule has 23 heavy (non-hydrogen) atoms. The molecule has 7 nitrogen and oxygen atoms in total. The van der Waals surface area contributed by atoms with Gasteiger partial charge in [0.25, 0.3) is 11.6 Å². The molecule has 0 unspecified atom stereocenters. The summed E-state index contributed by atoms with van der Waals surface area (Å²) in [6.45, 7) is 0. The number of anilines is 1. The van der Waals surface area contributed by atoms with Gasteiger partial charge < -0.3 is 5.32 Å². The van der Waals surface area contributed by atoms with Crippen molar-refractivity contribution in [3.63, 3.8) is 0 Å². The van der Waals surface area contributed by atoms with Crippen molar-refractivity contribution >= 4 is 27.1 Å². The molecule has 0 atom stereocenters. The maximum absolute atomic E-state index is 13.7. The number of sulfone groups is 1. The summed E-state index contributed by atoms with van der Waals surface area (Å²) in [6.07, 6.45) is 0.951. The summed E-state index contributed by atoms with van der Waals surface area (Å²) < 4.78 is 36.6. The summed E-state index contributed by atoms with van der Waals surface area (Å²) in [5.41, 5.74) is -0.671. The number of amides is 1. The first kappa shape index (κ1) is 16.6. The van der Waals surface area contributed by atoms with E-state index in [1.54, 1.807) is 0 Å². The minimum atomic E-state index is -3.57. The Balaban J connectivity index is 2.34. The molecular formula is C14H11FN2O5S. The van der Waals surface area contributed by atoms with E-state index in [0.717, 1.165) is 30.5 Å². The van der Waals surface area contributed by atoms with Crippen LogP contribution in [0.15, 0.2) is 47.4 Å². The molecule has 0 heterocycles. The summed E-state index contributed by atoms with van der Waals surface area (Å²) in [6, 6.07) is 7.86. The number of nitrogens with one attached hydrogen (secondary N) is 1. The zero-order valence-electron chi connectivity index (χ0n) is 11.8. The number of nitro groups is 1. The van der Waals surface area contributed by atoms with Gasteiger partial charge in [0.05, 0.1) is 15.5 Å². The highest BCUT2D eigenvalue weighted by Crippen LogP contribution is 2.21. The molecule has 0 saturated carbocycles. The highest BCUT2D eigenvalue weighted by molar-refractivity contribution is 7.90. The first-order valence-electron chi connectivity index (χ1n) is 6.24. The van der Waals surface area contributed by atoms with Crippen molar-refractivity contribution in [2.24, 2.45) is 0 Å². The Kier molecular flexibility index (Phi) is 4.41. The Hall–Kier alpha value is -2.81. The summed E-state index contributed by atoms with van der Waals surface area (Å²) in [4.78, 5) is 21.9. The minimum Gasteiger partial charge on any atom is -0.319 e. The van der Waals surface area contributed by atoms with Gasteiger partial charge in [-0.1, -0.05) is 6.07 Å². The largest absolute Gasteiger partial charge is 0.319 e. The van der Waals surface area contributed by atoms with Gasteiger partial charge in [0.15, 0.2) is 9.84 Å². The lowest BCUT2D eigenvalue weighted by molar-refractivity contribution is -0.384. The van der Waals surface area contributed by atoms with Crippen LogP contribution in [0.25, 0.3) is 0 Å². The fraction of sp³-hybridized carbons (Fsp3) is 0.0714. The average Bonchev–Trinajstić information content (AvgIpc) is 2.48. The molecule has 0 aliphatic carbocycles. The van der Waals surface area contributed by atoms with Crippen molar-refractivity contribution in [2.45, 2.75) is 4.90 Å². The Morgan fingerprint density at radius 1 is 1.22 bits per heavy atom. The van der Waals surface area contributed by atoms with Crippen LogP contribution < -0.4 is 5.32 Å². The monoisotopic (exact) mass is 338 g/mol. The Morgan fingerprint density at radius 2 is 1.91 bits per heavy atom. The van der Waals surface area contributed by atoms with E-state index in [0.29, 0.717) is 0 Å². The SMILES string of the molecule is CS(=O)(=O)c1ccc(F)c(NC(=O)c2cccc([N+](=O)[O-])c2)c1. The molecule has 0 bridgehead atoms. The van der Waals surface area contributed by atoms with Crippen LogP contribution in [0, 0.1) is 15.9 Å². The fourth-order valence-electron chi connectivity index (χ4n) is 1.79. The number of nitrogens with zero attached hydrogens (tertiary/aromatic N) is 1. The average molecular weight is 338 g/mol. The van der Waals surface area contributed by atoms with E-state index in [1.807, 2.05) is 0 Å². The van der Waals surface area contributed by atoms with E-state index in [-0.39, 0.29) is 21.8 Å². The molecule has 1 amide bonds. The molecule has 2 rings (SSSR count). The Bertz CT molecular complexity index is 896. The molecule has 0 fully saturated rings. The number of rotatable bonds is 4. The van der Waals surface area contributed by atoms with Crippen molar-refractivity contribution < 1.29 is 22.5 Å². The zero-order chi connectivity index (χ0) is 17.2. The normalized spacial score (nSPS) is 11.0. The van der Waals surface area contributed by atoms with Gasteiger partial charge in [-0.25, -0.2) is 12.8 Å². The minimum absolute atomic E-state index is 0.0524. The van der Waals surface area contributed by atoms with Crippen molar-refractivity contribution in [3.05, 3.63) is 64.0 Å². The van der Waals surface area contributed by atoms with E-state index in [9.17, 15) is 27.7 Å². The van der Waals surface area contributed by atoms with E-state index < -0.39 is 26.5 Å². The lowest BCUT2D eigenvalue weighted by Gasteiger charge is -2.08. The predicted molar refractivity (Wildman–Crippen MR) is 80.6 cm³/mol. The van der Waals surface area contributed by atoms with Gasteiger partial charge in [0, 0.05) is 24.0 Å². The predicted octanol–water partition coefficient (Wildman–Crippen LogP) is 2.39. The third-order valence-electron chi connectivity index (χ3n) is 2.93. The standard InChI is InChI=1S/C14H11FN2O5S/c1-23(21,22)11-5-6-12(15)13(8-11)16-14(18)9-3-2-4-10(7-9)17(19)20/h2-8H,1H3,(H,16,18). The van der Waals surface area contributed by atoms with Gasteiger partial charge in [0.2, 0.25) is 0 Å². The van der Waals surface area contributed by atoms with Crippen LogP contribution in [-0.4, -0.2) is 25.5 Å². The Labute approximate surface area is 130 Å². The number of non-ortho nitro benzene ring substituents is 1. The highest BCUT2D eigenvalue weighted by Gasteiger charge is 2.15. The van der Waals surface area contributed by atoms with Crippen molar-refractivity contribution in [1.82, 2.24) is 0 Å². The topological polar surface area (TPSA) is 106 Å². The van der Waals surface area contributed by atoms with Gasteiger partial charge in [-0.2, -0.15) is 0 Å². The third-order valence-corrected chi connectivity index (χ3v) is 4.04. The lowest BCUT2D eigenvalue weighted by Crippen LogP contribution is -2.14. The second-order valence-electron chi connectivity index (χ2n) is 4.68. The van der Waals surface area contributed by atoms with Crippen LogP contribution in [-0.2, 0) is 9.84 Å². The molecule has 0 saturated heterocycles. The maximum atomic E-state index is 13.7. The summed E-state index contributed by atoms with van der Waals surface area (Å²) in [5, 5.41) is 12.9. The number of hydrogen-bond donors (Lipinski definition) is 1. The molecular weight excluding hydrogens is 327 g/mol. The number of halogens is 1. The molecule has 0 aromatic heterocycles. The number of carbonyl (C=O) groups is 1. The quantitative estimate of drug-likeness (QED) is 0.523. The number of nitro benzene ring substituents is 1. The summed E-state index contributed by atoms with van der Waals surface area (Å²) >= 11 is 0. The van der Waals surface area contributed by atoms with Crippen molar-refractivity contribution in [3.8, 4) is 0 Å². The zero-order valence-corrected chi connectivity index (χ0v) is 12.6. The second-order valence-corrected chi connectivity index (χ2v) is 6.69. The highest BCUT2D eigenvalue weighted by atomic mass is 32.2. The molecule has 0 spiro atoms. The molecule has 0 aliphatic heterocycles.